The summed E-state index contributed by atoms with van der Waals surface area (Å²) >= 11 is 12.5. The van der Waals surface area contributed by atoms with Crippen LogP contribution >= 0.6 is 23.2 Å². The number of rotatable bonds is 7. The van der Waals surface area contributed by atoms with Crippen LogP contribution < -0.4 is 5.32 Å². The maximum absolute atomic E-state index is 6.48. The molecular weight excluding hydrogens is 377 g/mol. The first-order valence-electron chi connectivity index (χ1n) is 9.81. The zero-order valence-corrected chi connectivity index (χ0v) is 17.8. The summed E-state index contributed by atoms with van der Waals surface area (Å²) in [5, 5.41) is 4.08. The van der Waals surface area contributed by atoms with Crippen molar-refractivity contribution >= 4 is 23.2 Å². The van der Waals surface area contributed by atoms with E-state index in [1.807, 2.05) is 24.3 Å². The molecule has 2 aromatic carbocycles. The summed E-state index contributed by atoms with van der Waals surface area (Å²) in [5.74, 6) is 0. The largest absolute Gasteiger partial charge is 0.376 e. The van der Waals surface area contributed by atoms with E-state index in [1.54, 1.807) is 0 Å². The molecule has 1 aliphatic rings. The monoisotopic (exact) mass is 406 g/mol. The molecular formula is C23H30Cl2NO+. The second-order valence-electron chi connectivity index (χ2n) is 8.46. The lowest BCUT2D eigenvalue weighted by molar-refractivity contribution is -0.672. The standard InChI is InChI=1S/C23H29Cl2NO/c1-22(2)17-23(12-14-27-22,15-19-5-3-4-6-21(19)25)11-13-26-16-18-7-9-20(24)10-8-18/h3-10,26H,11-17H2,1-2H3/p+1/t23-/m0/s1. The number of benzene rings is 2. The van der Waals surface area contributed by atoms with Crippen molar-refractivity contribution in [3.05, 3.63) is 69.7 Å². The lowest BCUT2D eigenvalue weighted by Gasteiger charge is -2.45. The van der Waals surface area contributed by atoms with E-state index in [1.165, 1.54) is 17.5 Å². The quantitative estimate of drug-likeness (QED) is 0.622. The Hall–Kier alpha value is -1.06. The summed E-state index contributed by atoms with van der Waals surface area (Å²) in [6.07, 6.45) is 4.35. The predicted octanol–water partition coefficient (Wildman–Crippen LogP) is 5.27. The van der Waals surface area contributed by atoms with E-state index in [9.17, 15) is 0 Å². The van der Waals surface area contributed by atoms with Crippen molar-refractivity contribution in [3.8, 4) is 0 Å². The third-order valence-electron chi connectivity index (χ3n) is 5.62. The molecule has 0 unspecified atom stereocenters. The Kier molecular flexibility index (Phi) is 6.86. The first kappa shape index (κ1) is 20.7. The van der Waals surface area contributed by atoms with Crippen molar-refractivity contribution in [2.24, 2.45) is 5.41 Å². The van der Waals surface area contributed by atoms with E-state index in [0.29, 0.717) is 0 Å². The molecule has 0 amide bonds. The van der Waals surface area contributed by atoms with Gasteiger partial charge in [-0.15, -0.1) is 0 Å². The van der Waals surface area contributed by atoms with Crippen LogP contribution in [0.3, 0.4) is 0 Å². The molecule has 4 heteroatoms. The van der Waals surface area contributed by atoms with Crippen LogP contribution in [0.1, 0.15) is 44.2 Å². The molecule has 0 spiro atoms. The van der Waals surface area contributed by atoms with Crippen LogP contribution in [0, 0.1) is 5.41 Å². The molecule has 146 valence electrons. The molecule has 1 aliphatic heterocycles. The van der Waals surface area contributed by atoms with Gasteiger partial charge in [-0.2, -0.15) is 0 Å². The average molecular weight is 407 g/mol. The van der Waals surface area contributed by atoms with Gasteiger partial charge in [-0.25, -0.2) is 0 Å². The number of hydrogen-bond acceptors (Lipinski definition) is 1. The molecule has 3 rings (SSSR count). The van der Waals surface area contributed by atoms with E-state index in [2.05, 4.69) is 43.4 Å². The summed E-state index contributed by atoms with van der Waals surface area (Å²) in [7, 11) is 0. The Morgan fingerprint density at radius 3 is 2.48 bits per heavy atom. The maximum Gasteiger partial charge on any atom is 0.101 e. The van der Waals surface area contributed by atoms with Gasteiger partial charge < -0.3 is 10.1 Å². The highest BCUT2D eigenvalue weighted by molar-refractivity contribution is 6.31. The van der Waals surface area contributed by atoms with Crippen LogP contribution in [0.5, 0.6) is 0 Å². The molecule has 0 aliphatic carbocycles. The lowest BCUT2D eigenvalue weighted by atomic mass is 9.68. The fourth-order valence-electron chi connectivity index (χ4n) is 4.38. The Balaban J connectivity index is 1.65. The van der Waals surface area contributed by atoms with E-state index < -0.39 is 0 Å². The highest BCUT2D eigenvalue weighted by Gasteiger charge is 2.41. The SMILES string of the molecule is CC1(C)C[C@](CC[NH2+]Cc2ccc(Cl)cc2)(Cc2ccccc2Cl)CCO1. The van der Waals surface area contributed by atoms with Crippen molar-refractivity contribution in [2.45, 2.75) is 51.7 Å². The molecule has 1 heterocycles. The normalized spacial score (nSPS) is 21.9. The van der Waals surface area contributed by atoms with E-state index in [-0.39, 0.29) is 11.0 Å². The topological polar surface area (TPSA) is 25.8 Å². The minimum atomic E-state index is -0.0737. The molecule has 1 atom stereocenters. The number of halogens is 2. The van der Waals surface area contributed by atoms with Gasteiger partial charge in [0.2, 0.25) is 0 Å². The third kappa shape index (κ3) is 5.96. The fourth-order valence-corrected chi connectivity index (χ4v) is 4.71. The first-order valence-corrected chi connectivity index (χ1v) is 10.6. The van der Waals surface area contributed by atoms with Crippen LogP contribution in [0.4, 0.5) is 0 Å². The van der Waals surface area contributed by atoms with Gasteiger partial charge in [0, 0.05) is 28.6 Å². The Morgan fingerprint density at radius 1 is 1.04 bits per heavy atom. The molecule has 0 bridgehead atoms. The highest BCUT2D eigenvalue weighted by atomic mass is 35.5. The highest BCUT2D eigenvalue weighted by Crippen LogP contribution is 2.44. The minimum absolute atomic E-state index is 0.0737. The van der Waals surface area contributed by atoms with E-state index in [4.69, 9.17) is 27.9 Å². The fraction of sp³-hybridized carbons (Fsp3) is 0.478. The zero-order valence-electron chi connectivity index (χ0n) is 16.3. The van der Waals surface area contributed by atoms with Crippen LogP contribution in [0.15, 0.2) is 48.5 Å². The molecule has 1 saturated heterocycles. The second kappa shape index (κ2) is 8.96. The minimum Gasteiger partial charge on any atom is -0.376 e. The van der Waals surface area contributed by atoms with Crippen molar-refractivity contribution in [1.29, 1.82) is 0 Å². The zero-order chi connectivity index (χ0) is 19.3. The van der Waals surface area contributed by atoms with Crippen LogP contribution in [0.2, 0.25) is 10.0 Å². The van der Waals surface area contributed by atoms with E-state index >= 15 is 0 Å². The smallest absolute Gasteiger partial charge is 0.101 e. The first-order chi connectivity index (χ1) is 12.9. The molecule has 27 heavy (non-hydrogen) atoms. The molecule has 0 saturated carbocycles. The predicted molar refractivity (Wildman–Crippen MR) is 113 cm³/mol. The van der Waals surface area contributed by atoms with Crippen LogP contribution in [-0.4, -0.2) is 18.8 Å². The van der Waals surface area contributed by atoms with Crippen molar-refractivity contribution in [1.82, 2.24) is 0 Å². The van der Waals surface area contributed by atoms with Gasteiger partial charge in [-0.05, 0) is 62.3 Å². The summed E-state index contributed by atoms with van der Waals surface area (Å²) < 4.78 is 6.02. The van der Waals surface area contributed by atoms with Gasteiger partial charge in [0.25, 0.3) is 0 Å². The van der Waals surface area contributed by atoms with Gasteiger partial charge in [-0.3, -0.25) is 0 Å². The van der Waals surface area contributed by atoms with Gasteiger partial charge in [0.15, 0.2) is 0 Å². The maximum atomic E-state index is 6.48. The number of nitrogens with two attached hydrogens (primary N) is 1. The summed E-state index contributed by atoms with van der Waals surface area (Å²) in [4.78, 5) is 0. The molecule has 2 aromatic rings. The van der Waals surface area contributed by atoms with Crippen molar-refractivity contribution in [2.75, 3.05) is 13.2 Å². The molecule has 0 aromatic heterocycles. The summed E-state index contributed by atoms with van der Waals surface area (Å²) in [6.45, 7) is 7.34. The summed E-state index contributed by atoms with van der Waals surface area (Å²) in [5.41, 5.74) is 2.74. The van der Waals surface area contributed by atoms with Gasteiger partial charge in [0.1, 0.15) is 6.54 Å². The third-order valence-corrected chi connectivity index (χ3v) is 6.24. The molecule has 1 fully saturated rings. The second-order valence-corrected chi connectivity index (χ2v) is 9.30. The molecule has 2 N–H and O–H groups in total. The Morgan fingerprint density at radius 2 is 1.78 bits per heavy atom. The average Bonchev–Trinajstić information content (AvgIpc) is 2.62. The van der Waals surface area contributed by atoms with Crippen LogP contribution in [-0.2, 0) is 17.7 Å². The van der Waals surface area contributed by atoms with Crippen LogP contribution in [0.25, 0.3) is 0 Å². The van der Waals surface area contributed by atoms with Gasteiger partial charge >= 0.3 is 0 Å². The molecule has 0 radical (unpaired) electrons. The number of hydrogen-bond donors (Lipinski definition) is 1. The Labute approximate surface area is 173 Å². The summed E-state index contributed by atoms with van der Waals surface area (Å²) in [6, 6.07) is 16.4. The number of quaternary nitrogens is 1. The number of ether oxygens (including phenoxy) is 1. The van der Waals surface area contributed by atoms with E-state index in [0.717, 1.165) is 49.0 Å². The van der Waals surface area contributed by atoms with Crippen molar-refractivity contribution < 1.29 is 10.1 Å². The van der Waals surface area contributed by atoms with Gasteiger partial charge in [0.05, 0.1) is 12.1 Å². The molecule has 2 nitrogen and oxygen atoms in total. The Bertz CT molecular complexity index is 744. The van der Waals surface area contributed by atoms with Crippen molar-refractivity contribution in [3.63, 3.8) is 0 Å². The lowest BCUT2D eigenvalue weighted by Crippen LogP contribution is -2.83. The van der Waals surface area contributed by atoms with Gasteiger partial charge in [-0.1, -0.05) is 53.5 Å².